The Kier molecular flexibility index (Phi) is 5.95. The minimum atomic E-state index is 0.0264. The molecule has 0 fully saturated rings. The van der Waals surface area contributed by atoms with Crippen LogP contribution in [0.1, 0.15) is 38.4 Å². The summed E-state index contributed by atoms with van der Waals surface area (Å²) in [5.41, 5.74) is 3.13. The van der Waals surface area contributed by atoms with E-state index >= 15 is 0 Å². The van der Waals surface area contributed by atoms with Gasteiger partial charge in [0, 0.05) is 17.1 Å². The highest BCUT2D eigenvalue weighted by Gasteiger charge is 2.09. The van der Waals surface area contributed by atoms with Gasteiger partial charge in [0.2, 0.25) is 5.91 Å². The van der Waals surface area contributed by atoms with Gasteiger partial charge in [0.25, 0.3) is 0 Å². The van der Waals surface area contributed by atoms with Crippen molar-refractivity contribution in [2.24, 2.45) is 0 Å². The van der Waals surface area contributed by atoms with Gasteiger partial charge in [-0.2, -0.15) is 0 Å². The molecular formula is C17H23N3OS. The summed E-state index contributed by atoms with van der Waals surface area (Å²) in [6.07, 6.45) is 2.30. The molecule has 0 saturated heterocycles. The van der Waals surface area contributed by atoms with Crippen molar-refractivity contribution < 1.29 is 4.79 Å². The maximum Gasteiger partial charge on any atom is 0.226 e. The van der Waals surface area contributed by atoms with E-state index in [2.05, 4.69) is 53.7 Å². The Balaban J connectivity index is 1.91. The highest BCUT2D eigenvalue weighted by Crippen LogP contribution is 2.21. The van der Waals surface area contributed by atoms with Gasteiger partial charge in [-0.3, -0.25) is 4.79 Å². The fourth-order valence-corrected chi connectivity index (χ4v) is 2.72. The SMILES string of the molecule is CCc1ccc(Nc2nc(CC(=O)NC(C)CC)cs2)cc1. The van der Waals surface area contributed by atoms with Crippen LogP contribution in [0.3, 0.4) is 0 Å². The quantitative estimate of drug-likeness (QED) is 0.814. The van der Waals surface area contributed by atoms with Gasteiger partial charge in [-0.1, -0.05) is 26.0 Å². The summed E-state index contributed by atoms with van der Waals surface area (Å²) in [6.45, 7) is 6.20. The monoisotopic (exact) mass is 317 g/mol. The summed E-state index contributed by atoms with van der Waals surface area (Å²) in [7, 11) is 0. The largest absolute Gasteiger partial charge is 0.353 e. The van der Waals surface area contributed by atoms with Gasteiger partial charge in [-0.15, -0.1) is 11.3 Å². The molecule has 0 bridgehead atoms. The Morgan fingerprint density at radius 2 is 2.00 bits per heavy atom. The molecule has 4 nitrogen and oxygen atoms in total. The molecule has 0 saturated carbocycles. The minimum Gasteiger partial charge on any atom is -0.353 e. The fraction of sp³-hybridized carbons (Fsp3) is 0.412. The van der Waals surface area contributed by atoms with Crippen molar-refractivity contribution in [3.8, 4) is 0 Å². The van der Waals surface area contributed by atoms with Crippen LogP contribution in [0, 0.1) is 0 Å². The number of benzene rings is 1. The number of hydrogen-bond acceptors (Lipinski definition) is 4. The molecule has 0 radical (unpaired) electrons. The van der Waals surface area contributed by atoms with Crippen LogP contribution in [0.15, 0.2) is 29.6 Å². The average molecular weight is 317 g/mol. The van der Waals surface area contributed by atoms with E-state index in [1.165, 1.54) is 16.9 Å². The molecular weight excluding hydrogens is 294 g/mol. The molecule has 1 atom stereocenters. The predicted molar refractivity (Wildman–Crippen MR) is 92.8 cm³/mol. The zero-order valence-electron chi connectivity index (χ0n) is 13.3. The summed E-state index contributed by atoms with van der Waals surface area (Å²) in [4.78, 5) is 16.3. The third kappa shape index (κ3) is 4.84. The number of anilines is 2. The molecule has 0 aliphatic rings. The standard InChI is InChI=1S/C17H23N3OS/c1-4-12(3)18-16(21)10-15-11-22-17(20-15)19-14-8-6-13(5-2)7-9-14/h6-9,11-12H,4-5,10H2,1-3H3,(H,18,21)(H,19,20). The van der Waals surface area contributed by atoms with E-state index in [1.54, 1.807) is 0 Å². The number of aryl methyl sites for hydroxylation is 1. The van der Waals surface area contributed by atoms with Crippen LogP contribution >= 0.6 is 11.3 Å². The Morgan fingerprint density at radius 1 is 1.27 bits per heavy atom. The van der Waals surface area contributed by atoms with Crippen LogP contribution < -0.4 is 10.6 Å². The second-order valence-electron chi connectivity index (χ2n) is 5.37. The van der Waals surface area contributed by atoms with Crippen molar-refractivity contribution in [1.29, 1.82) is 0 Å². The summed E-state index contributed by atoms with van der Waals surface area (Å²) < 4.78 is 0. The molecule has 22 heavy (non-hydrogen) atoms. The van der Waals surface area contributed by atoms with Crippen molar-refractivity contribution in [3.63, 3.8) is 0 Å². The van der Waals surface area contributed by atoms with Crippen LogP contribution in [-0.4, -0.2) is 16.9 Å². The van der Waals surface area contributed by atoms with Crippen LogP contribution in [0.25, 0.3) is 0 Å². The number of rotatable bonds is 7. The smallest absolute Gasteiger partial charge is 0.226 e. The number of carbonyl (C=O) groups is 1. The lowest BCUT2D eigenvalue weighted by molar-refractivity contribution is -0.121. The zero-order chi connectivity index (χ0) is 15.9. The minimum absolute atomic E-state index is 0.0264. The number of nitrogens with zero attached hydrogens (tertiary/aromatic N) is 1. The zero-order valence-corrected chi connectivity index (χ0v) is 14.2. The lowest BCUT2D eigenvalue weighted by Crippen LogP contribution is -2.33. The van der Waals surface area contributed by atoms with Gasteiger partial charge in [0.1, 0.15) is 0 Å². The highest BCUT2D eigenvalue weighted by molar-refractivity contribution is 7.13. The van der Waals surface area contributed by atoms with Gasteiger partial charge < -0.3 is 10.6 Å². The van der Waals surface area contributed by atoms with Crippen LogP contribution in [0.5, 0.6) is 0 Å². The number of aromatic nitrogens is 1. The molecule has 1 heterocycles. The van der Waals surface area contributed by atoms with Crippen molar-refractivity contribution >= 4 is 28.1 Å². The van der Waals surface area contributed by atoms with E-state index in [0.717, 1.165) is 29.4 Å². The Hall–Kier alpha value is -1.88. The normalized spacial score (nSPS) is 12.0. The molecule has 1 aromatic carbocycles. The number of carbonyl (C=O) groups excluding carboxylic acids is 1. The topological polar surface area (TPSA) is 54.0 Å². The lowest BCUT2D eigenvalue weighted by Gasteiger charge is -2.10. The van der Waals surface area contributed by atoms with Gasteiger partial charge in [0.05, 0.1) is 12.1 Å². The Bertz CT molecular complexity index is 607. The molecule has 1 amide bonds. The van der Waals surface area contributed by atoms with E-state index in [0.29, 0.717) is 6.42 Å². The first-order chi connectivity index (χ1) is 10.6. The number of nitrogens with one attached hydrogen (secondary N) is 2. The molecule has 1 unspecified atom stereocenters. The van der Waals surface area contributed by atoms with Crippen LogP contribution in [0.2, 0.25) is 0 Å². The molecule has 0 aliphatic heterocycles. The fourth-order valence-electron chi connectivity index (χ4n) is 1.99. The van der Waals surface area contributed by atoms with Crippen molar-refractivity contribution in [1.82, 2.24) is 10.3 Å². The maximum absolute atomic E-state index is 11.9. The molecule has 118 valence electrons. The van der Waals surface area contributed by atoms with Crippen molar-refractivity contribution in [3.05, 3.63) is 40.9 Å². The molecule has 5 heteroatoms. The van der Waals surface area contributed by atoms with Crippen molar-refractivity contribution in [2.45, 2.75) is 46.1 Å². The van der Waals surface area contributed by atoms with E-state index in [-0.39, 0.29) is 11.9 Å². The molecule has 0 aliphatic carbocycles. The van der Waals surface area contributed by atoms with E-state index < -0.39 is 0 Å². The molecule has 0 spiro atoms. The summed E-state index contributed by atoms with van der Waals surface area (Å²) in [5.74, 6) is 0.0264. The molecule has 2 aromatic rings. The first-order valence-corrected chi connectivity index (χ1v) is 8.58. The maximum atomic E-state index is 11.9. The second-order valence-corrected chi connectivity index (χ2v) is 6.23. The van der Waals surface area contributed by atoms with E-state index in [9.17, 15) is 4.79 Å². The number of hydrogen-bond donors (Lipinski definition) is 2. The average Bonchev–Trinajstić information content (AvgIpc) is 2.94. The first-order valence-electron chi connectivity index (χ1n) is 7.70. The second kappa shape index (κ2) is 7.94. The van der Waals surface area contributed by atoms with Crippen LogP contribution in [-0.2, 0) is 17.6 Å². The van der Waals surface area contributed by atoms with Gasteiger partial charge in [0.15, 0.2) is 5.13 Å². The molecule has 2 N–H and O–H groups in total. The lowest BCUT2D eigenvalue weighted by atomic mass is 10.1. The van der Waals surface area contributed by atoms with Gasteiger partial charge in [-0.25, -0.2) is 4.98 Å². The third-order valence-electron chi connectivity index (χ3n) is 3.53. The number of amides is 1. The van der Waals surface area contributed by atoms with Crippen LogP contribution in [0.4, 0.5) is 10.8 Å². The van der Waals surface area contributed by atoms with Gasteiger partial charge >= 0.3 is 0 Å². The number of thiazole rings is 1. The highest BCUT2D eigenvalue weighted by atomic mass is 32.1. The molecule has 2 rings (SSSR count). The third-order valence-corrected chi connectivity index (χ3v) is 4.33. The van der Waals surface area contributed by atoms with Crippen molar-refractivity contribution in [2.75, 3.05) is 5.32 Å². The summed E-state index contributed by atoms with van der Waals surface area (Å²) >= 11 is 1.52. The Labute approximate surface area is 136 Å². The van der Waals surface area contributed by atoms with E-state index in [4.69, 9.17) is 0 Å². The summed E-state index contributed by atoms with van der Waals surface area (Å²) in [6, 6.07) is 8.53. The predicted octanol–water partition coefficient (Wildman–Crippen LogP) is 3.91. The van der Waals surface area contributed by atoms with E-state index in [1.807, 2.05) is 12.3 Å². The Morgan fingerprint density at radius 3 is 2.64 bits per heavy atom. The summed E-state index contributed by atoms with van der Waals surface area (Å²) in [5, 5.41) is 8.98. The van der Waals surface area contributed by atoms with Gasteiger partial charge in [-0.05, 0) is 37.5 Å². The first kappa shape index (κ1) is 16.5. The molecule has 1 aromatic heterocycles.